The summed E-state index contributed by atoms with van der Waals surface area (Å²) in [5, 5.41) is 13.5. The van der Waals surface area contributed by atoms with Crippen LogP contribution in [0.25, 0.3) is 0 Å². The van der Waals surface area contributed by atoms with Crippen molar-refractivity contribution in [1.82, 2.24) is 25.5 Å². The SMILES string of the molecule is O=C(COC(=O)[C@@H](Cc1ccccc1)n1cnnn1)NCCc1ccccc1F. The summed E-state index contributed by atoms with van der Waals surface area (Å²) < 4.78 is 20.0. The topological polar surface area (TPSA) is 99.0 Å². The summed E-state index contributed by atoms with van der Waals surface area (Å²) in [5.74, 6) is -1.41. The number of nitrogens with zero attached hydrogens (tertiary/aromatic N) is 4. The van der Waals surface area contributed by atoms with Gasteiger partial charge in [-0.05, 0) is 34.0 Å². The second kappa shape index (κ2) is 10.1. The first-order chi connectivity index (χ1) is 14.1. The highest BCUT2D eigenvalue weighted by Crippen LogP contribution is 2.14. The van der Waals surface area contributed by atoms with Crippen molar-refractivity contribution in [2.24, 2.45) is 0 Å². The van der Waals surface area contributed by atoms with Gasteiger partial charge in [0.15, 0.2) is 12.6 Å². The van der Waals surface area contributed by atoms with Crippen molar-refractivity contribution in [3.05, 3.63) is 77.9 Å². The van der Waals surface area contributed by atoms with Gasteiger partial charge < -0.3 is 10.1 Å². The van der Waals surface area contributed by atoms with Gasteiger partial charge in [0.2, 0.25) is 0 Å². The number of benzene rings is 2. The lowest BCUT2D eigenvalue weighted by molar-refractivity contribution is -0.152. The summed E-state index contributed by atoms with van der Waals surface area (Å²) >= 11 is 0. The monoisotopic (exact) mass is 397 g/mol. The van der Waals surface area contributed by atoms with Gasteiger partial charge in [-0.1, -0.05) is 48.5 Å². The number of tetrazole rings is 1. The highest BCUT2D eigenvalue weighted by molar-refractivity contribution is 5.81. The summed E-state index contributed by atoms with van der Waals surface area (Å²) in [6.45, 7) is -0.207. The van der Waals surface area contributed by atoms with Gasteiger partial charge in [0.1, 0.15) is 12.1 Å². The van der Waals surface area contributed by atoms with Gasteiger partial charge >= 0.3 is 5.97 Å². The molecule has 2 aromatic carbocycles. The molecular formula is C20H20FN5O3. The Hall–Kier alpha value is -3.62. The van der Waals surface area contributed by atoms with Crippen LogP contribution in [0.15, 0.2) is 60.9 Å². The standard InChI is InChI=1S/C20H20FN5O3/c21-17-9-5-4-8-16(17)10-11-22-19(27)13-29-20(28)18(26-14-23-24-25-26)12-15-6-2-1-3-7-15/h1-9,14,18H,10-13H2,(H,22,27)/t18-/m1/s1. The maximum atomic E-state index is 13.6. The van der Waals surface area contributed by atoms with Gasteiger partial charge in [-0.3, -0.25) is 4.79 Å². The molecule has 1 atom stereocenters. The zero-order chi connectivity index (χ0) is 20.5. The van der Waals surface area contributed by atoms with E-state index < -0.39 is 24.5 Å². The lowest BCUT2D eigenvalue weighted by atomic mass is 10.1. The third-order valence-corrected chi connectivity index (χ3v) is 4.25. The summed E-state index contributed by atoms with van der Waals surface area (Å²) in [7, 11) is 0. The summed E-state index contributed by atoms with van der Waals surface area (Å²) in [5.41, 5.74) is 1.41. The van der Waals surface area contributed by atoms with E-state index in [9.17, 15) is 14.0 Å². The Bertz CT molecular complexity index is 934. The Labute approximate surface area is 166 Å². The smallest absolute Gasteiger partial charge is 0.331 e. The molecule has 150 valence electrons. The molecule has 0 aliphatic heterocycles. The van der Waals surface area contributed by atoms with Crippen LogP contribution >= 0.6 is 0 Å². The first-order valence-corrected chi connectivity index (χ1v) is 9.06. The van der Waals surface area contributed by atoms with Gasteiger partial charge in [-0.25, -0.2) is 13.9 Å². The molecule has 0 aliphatic carbocycles. The molecule has 0 saturated heterocycles. The molecule has 29 heavy (non-hydrogen) atoms. The van der Waals surface area contributed by atoms with Crippen molar-refractivity contribution >= 4 is 11.9 Å². The van der Waals surface area contributed by atoms with Crippen molar-refractivity contribution < 1.29 is 18.7 Å². The minimum Gasteiger partial charge on any atom is -0.454 e. The van der Waals surface area contributed by atoms with Gasteiger partial charge in [0.05, 0.1) is 0 Å². The zero-order valence-corrected chi connectivity index (χ0v) is 15.6. The molecule has 0 saturated carbocycles. The molecule has 9 heteroatoms. The third kappa shape index (κ3) is 5.93. The number of hydrogen-bond donors (Lipinski definition) is 1. The minimum atomic E-state index is -0.793. The van der Waals surface area contributed by atoms with Crippen LogP contribution in [0.4, 0.5) is 4.39 Å². The number of aromatic nitrogens is 4. The summed E-state index contributed by atoms with van der Waals surface area (Å²) in [6.07, 6.45) is 1.98. The quantitative estimate of drug-likeness (QED) is 0.550. The number of amides is 1. The van der Waals surface area contributed by atoms with Crippen LogP contribution in [0.5, 0.6) is 0 Å². The van der Waals surface area contributed by atoms with E-state index in [1.807, 2.05) is 30.3 Å². The highest BCUT2D eigenvalue weighted by atomic mass is 19.1. The Kier molecular flexibility index (Phi) is 6.99. The molecule has 8 nitrogen and oxygen atoms in total. The average Bonchev–Trinajstić information content (AvgIpc) is 3.27. The maximum Gasteiger partial charge on any atom is 0.331 e. The maximum absolute atomic E-state index is 13.6. The number of ether oxygens (including phenoxy) is 1. The Balaban J connectivity index is 1.50. The molecule has 1 heterocycles. The van der Waals surface area contributed by atoms with E-state index in [0.29, 0.717) is 18.4 Å². The Morgan fingerprint density at radius 1 is 1.10 bits per heavy atom. The number of carbonyl (C=O) groups is 2. The Morgan fingerprint density at radius 2 is 1.86 bits per heavy atom. The molecule has 1 N–H and O–H groups in total. The molecular weight excluding hydrogens is 377 g/mol. The van der Waals surface area contributed by atoms with Crippen molar-refractivity contribution in [1.29, 1.82) is 0 Å². The van der Waals surface area contributed by atoms with E-state index in [4.69, 9.17) is 4.74 Å². The number of halogens is 1. The predicted octanol–water partition coefficient (Wildman–Crippen LogP) is 1.50. The second-order valence-electron chi connectivity index (χ2n) is 6.29. The molecule has 0 fully saturated rings. The largest absolute Gasteiger partial charge is 0.454 e. The molecule has 0 spiro atoms. The first kappa shape index (κ1) is 20.1. The fourth-order valence-corrected chi connectivity index (χ4v) is 2.76. The van der Waals surface area contributed by atoms with Crippen molar-refractivity contribution in [3.63, 3.8) is 0 Å². The average molecular weight is 397 g/mol. The molecule has 0 unspecified atom stereocenters. The fourth-order valence-electron chi connectivity index (χ4n) is 2.76. The van der Waals surface area contributed by atoms with Gasteiger partial charge in [-0.15, -0.1) is 5.10 Å². The van der Waals surface area contributed by atoms with Crippen LogP contribution in [-0.4, -0.2) is 45.2 Å². The fraction of sp³-hybridized carbons (Fsp3) is 0.250. The number of rotatable bonds is 9. The summed E-state index contributed by atoms with van der Waals surface area (Å²) in [4.78, 5) is 24.5. The van der Waals surface area contributed by atoms with Crippen LogP contribution < -0.4 is 5.32 Å². The molecule has 0 aliphatic rings. The van der Waals surface area contributed by atoms with Crippen molar-refractivity contribution in [3.8, 4) is 0 Å². The van der Waals surface area contributed by atoms with Crippen LogP contribution in [0.1, 0.15) is 17.2 Å². The van der Waals surface area contributed by atoms with E-state index >= 15 is 0 Å². The van der Waals surface area contributed by atoms with E-state index in [1.165, 1.54) is 17.1 Å². The number of nitrogens with one attached hydrogen (secondary N) is 1. The second-order valence-corrected chi connectivity index (χ2v) is 6.29. The molecule has 3 rings (SSSR count). The highest BCUT2D eigenvalue weighted by Gasteiger charge is 2.24. The van der Waals surface area contributed by atoms with E-state index in [-0.39, 0.29) is 12.4 Å². The molecule has 0 radical (unpaired) electrons. The number of hydrogen-bond acceptors (Lipinski definition) is 6. The number of esters is 1. The normalized spacial score (nSPS) is 11.6. The Morgan fingerprint density at radius 3 is 2.59 bits per heavy atom. The lowest BCUT2D eigenvalue weighted by Crippen LogP contribution is -2.33. The van der Waals surface area contributed by atoms with Crippen molar-refractivity contribution in [2.45, 2.75) is 18.9 Å². The van der Waals surface area contributed by atoms with Gasteiger partial charge in [0.25, 0.3) is 5.91 Å². The first-order valence-electron chi connectivity index (χ1n) is 9.06. The van der Waals surface area contributed by atoms with E-state index in [2.05, 4.69) is 20.8 Å². The lowest BCUT2D eigenvalue weighted by Gasteiger charge is -2.15. The van der Waals surface area contributed by atoms with E-state index in [1.54, 1.807) is 18.2 Å². The molecule has 0 bridgehead atoms. The third-order valence-electron chi connectivity index (χ3n) is 4.25. The molecule has 1 aromatic heterocycles. The molecule has 1 amide bonds. The number of carbonyl (C=O) groups excluding carboxylic acids is 2. The summed E-state index contributed by atoms with van der Waals surface area (Å²) in [6, 6.07) is 14.9. The van der Waals surface area contributed by atoms with Crippen LogP contribution in [-0.2, 0) is 27.2 Å². The van der Waals surface area contributed by atoms with Gasteiger partial charge in [-0.2, -0.15) is 0 Å². The van der Waals surface area contributed by atoms with Crippen LogP contribution in [0, 0.1) is 5.82 Å². The zero-order valence-electron chi connectivity index (χ0n) is 15.6. The predicted molar refractivity (Wildman–Crippen MR) is 101 cm³/mol. The van der Waals surface area contributed by atoms with Crippen LogP contribution in [0.3, 0.4) is 0 Å². The minimum absolute atomic E-state index is 0.234. The van der Waals surface area contributed by atoms with Gasteiger partial charge in [0, 0.05) is 13.0 Å². The van der Waals surface area contributed by atoms with Crippen LogP contribution in [0.2, 0.25) is 0 Å². The van der Waals surface area contributed by atoms with Crippen molar-refractivity contribution in [2.75, 3.05) is 13.2 Å². The molecule has 3 aromatic rings. The van der Waals surface area contributed by atoms with E-state index in [0.717, 1.165) is 5.56 Å².